The summed E-state index contributed by atoms with van der Waals surface area (Å²) in [6, 6.07) is 0. The van der Waals surface area contributed by atoms with Gasteiger partial charge in [0.05, 0.1) is 11.8 Å². The van der Waals surface area contributed by atoms with E-state index in [1.54, 1.807) is 6.08 Å². The molecule has 114 valence electrons. The molecule has 0 aromatic rings. The van der Waals surface area contributed by atoms with Gasteiger partial charge in [0.2, 0.25) is 0 Å². The van der Waals surface area contributed by atoms with Crippen molar-refractivity contribution >= 4 is 11.9 Å². The van der Waals surface area contributed by atoms with Gasteiger partial charge in [-0.1, -0.05) is 38.8 Å². The predicted molar refractivity (Wildman–Crippen MR) is 77.3 cm³/mol. The fraction of sp³-hybridized carbons (Fsp3) is 0.750. The van der Waals surface area contributed by atoms with E-state index in [1.807, 2.05) is 13.0 Å². The molecular weight excluding hydrogens is 256 g/mol. The third-order valence-electron chi connectivity index (χ3n) is 3.88. The summed E-state index contributed by atoms with van der Waals surface area (Å²) in [7, 11) is 0. The molecule has 1 aliphatic carbocycles. The van der Waals surface area contributed by atoms with Gasteiger partial charge in [-0.05, 0) is 32.1 Å². The van der Waals surface area contributed by atoms with Crippen LogP contribution in [-0.4, -0.2) is 23.1 Å². The van der Waals surface area contributed by atoms with E-state index in [1.165, 1.54) is 0 Å². The first kappa shape index (κ1) is 16.7. The molecule has 1 aliphatic rings. The Labute approximate surface area is 121 Å². The zero-order valence-electron chi connectivity index (χ0n) is 12.5. The number of aliphatic carboxylic acids is 1. The first-order chi connectivity index (χ1) is 9.60. The van der Waals surface area contributed by atoms with Crippen molar-refractivity contribution in [2.24, 2.45) is 11.8 Å². The minimum Gasteiger partial charge on any atom is -0.481 e. The highest BCUT2D eigenvalue weighted by atomic mass is 16.5. The summed E-state index contributed by atoms with van der Waals surface area (Å²) in [6.45, 7) is 4.13. The summed E-state index contributed by atoms with van der Waals surface area (Å²) in [5.74, 6) is -2.55. The number of carboxylic acid groups (broad SMARTS) is 1. The number of carbonyl (C=O) groups is 2. The minimum absolute atomic E-state index is 0.0844. The van der Waals surface area contributed by atoms with Gasteiger partial charge >= 0.3 is 11.9 Å². The van der Waals surface area contributed by atoms with Crippen LogP contribution in [0, 0.1) is 11.8 Å². The lowest BCUT2D eigenvalue weighted by Gasteiger charge is -2.25. The summed E-state index contributed by atoms with van der Waals surface area (Å²) in [6.07, 6.45) is 9.68. The second-order valence-electron chi connectivity index (χ2n) is 5.44. The van der Waals surface area contributed by atoms with E-state index in [0.717, 1.165) is 32.1 Å². The second kappa shape index (κ2) is 8.77. The van der Waals surface area contributed by atoms with Gasteiger partial charge in [0, 0.05) is 0 Å². The lowest BCUT2D eigenvalue weighted by atomic mass is 9.84. The summed E-state index contributed by atoms with van der Waals surface area (Å²) in [5, 5.41) is 9.18. The average Bonchev–Trinajstić information content (AvgIpc) is 2.46. The number of hydrogen-bond acceptors (Lipinski definition) is 3. The van der Waals surface area contributed by atoms with Gasteiger partial charge < -0.3 is 9.84 Å². The van der Waals surface area contributed by atoms with E-state index in [0.29, 0.717) is 12.8 Å². The molecule has 4 heteroatoms. The van der Waals surface area contributed by atoms with Gasteiger partial charge in [-0.2, -0.15) is 0 Å². The fourth-order valence-electron chi connectivity index (χ4n) is 2.56. The highest BCUT2D eigenvalue weighted by Gasteiger charge is 2.35. The summed E-state index contributed by atoms with van der Waals surface area (Å²) in [5.41, 5.74) is 0. The average molecular weight is 282 g/mol. The van der Waals surface area contributed by atoms with Crippen LogP contribution in [-0.2, 0) is 14.3 Å². The third kappa shape index (κ3) is 4.99. The number of carbonyl (C=O) groups excluding carboxylic acids is 1. The molecule has 0 fully saturated rings. The Morgan fingerprint density at radius 1 is 1.35 bits per heavy atom. The van der Waals surface area contributed by atoms with E-state index in [4.69, 9.17) is 4.74 Å². The lowest BCUT2D eigenvalue weighted by Crippen LogP contribution is -2.33. The zero-order valence-corrected chi connectivity index (χ0v) is 12.5. The van der Waals surface area contributed by atoms with Crippen LogP contribution in [0.5, 0.6) is 0 Å². The molecule has 0 heterocycles. The van der Waals surface area contributed by atoms with Crippen molar-refractivity contribution in [3.05, 3.63) is 12.2 Å². The van der Waals surface area contributed by atoms with Gasteiger partial charge in [0.15, 0.2) is 0 Å². The molecule has 0 saturated carbocycles. The molecule has 0 amide bonds. The Morgan fingerprint density at radius 2 is 2.10 bits per heavy atom. The van der Waals surface area contributed by atoms with Gasteiger partial charge in [-0.3, -0.25) is 9.59 Å². The predicted octanol–water partition coefficient (Wildman–Crippen LogP) is 3.56. The fourth-order valence-corrected chi connectivity index (χ4v) is 2.56. The summed E-state index contributed by atoms with van der Waals surface area (Å²) >= 11 is 0. The first-order valence-corrected chi connectivity index (χ1v) is 7.70. The minimum atomic E-state index is -0.907. The molecule has 3 unspecified atom stereocenters. The Morgan fingerprint density at radius 3 is 2.70 bits per heavy atom. The van der Waals surface area contributed by atoms with Crippen molar-refractivity contribution in [2.75, 3.05) is 0 Å². The van der Waals surface area contributed by atoms with Crippen molar-refractivity contribution in [1.82, 2.24) is 0 Å². The molecule has 0 spiro atoms. The topological polar surface area (TPSA) is 63.6 Å². The van der Waals surface area contributed by atoms with Gasteiger partial charge in [0.1, 0.15) is 6.10 Å². The van der Waals surface area contributed by atoms with Crippen molar-refractivity contribution < 1.29 is 19.4 Å². The summed E-state index contributed by atoms with van der Waals surface area (Å²) < 4.78 is 5.51. The van der Waals surface area contributed by atoms with Crippen LogP contribution >= 0.6 is 0 Å². The van der Waals surface area contributed by atoms with Crippen LogP contribution < -0.4 is 0 Å². The molecule has 3 atom stereocenters. The molecule has 0 saturated heterocycles. The smallest absolute Gasteiger partial charge is 0.313 e. The monoisotopic (exact) mass is 282 g/mol. The van der Waals surface area contributed by atoms with Gasteiger partial charge in [0.25, 0.3) is 0 Å². The summed E-state index contributed by atoms with van der Waals surface area (Å²) in [4.78, 5) is 23.4. The van der Waals surface area contributed by atoms with Crippen LogP contribution in [0.1, 0.15) is 58.8 Å². The lowest BCUT2D eigenvalue weighted by molar-refractivity contribution is -0.160. The number of allylic oxidation sites excluding steroid dienone is 1. The Balaban J connectivity index is 2.56. The molecule has 0 aliphatic heterocycles. The Hall–Kier alpha value is -1.32. The molecular formula is C16H26O4. The van der Waals surface area contributed by atoms with Crippen molar-refractivity contribution in [1.29, 1.82) is 0 Å². The number of carboxylic acids is 1. The molecule has 4 nitrogen and oxygen atoms in total. The van der Waals surface area contributed by atoms with Crippen LogP contribution in [0.3, 0.4) is 0 Å². The maximum absolute atomic E-state index is 12.2. The van der Waals surface area contributed by atoms with Crippen LogP contribution in [0.4, 0.5) is 0 Å². The van der Waals surface area contributed by atoms with Crippen LogP contribution in [0.15, 0.2) is 12.2 Å². The van der Waals surface area contributed by atoms with Crippen molar-refractivity contribution in [2.45, 2.75) is 64.9 Å². The zero-order chi connectivity index (χ0) is 15.0. The van der Waals surface area contributed by atoms with E-state index >= 15 is 0 Å². The molecule has 0 aromatic carbocycles. The molecule has 0 bridgehead atoms. The maximum atomic E-state index is 12.2. The second-order valence-corrected chi connectivity index (χ2v) is 5.44. The van der Waals surface area contributed by atoms with E-state index in [-0.39, 0.29) is 12.1 Å². The van der Waals surface area contributed by atoms with Crippen molar-refractivity contribution in [3.8, 4) is 0 Å². The van der Waals surface area contributed by atoms with Gasteiger partial charge in [-0.15, -0.1) is 0 Å². The SMILES string of the molecule is CCCCCC(CC)OC(=O)C1C=CCCC1C(=O)O. The Kier molecular flexibility index (Phi) is 7.34. The van der Waals surface area contributed by atoms with E-state index in [9.17, 15) is 14.7 Å². The van der Waals surface area contributed by atoms with Crippen LogP contribution in [0.2, 0.25) is 0 Å². The normalized spacial score (nSPS) is 23.3. The maximum Gasteiger partial charge on any atom is 0.313 e. The van der Waals surface area contributed by atoms with E-state index in [2.05, 4.69) is 6.92 Å². The number of ether oxygens (including phenoxy) is 1. The third-order valence-corrected chi connectivity index (χ3v) is 3.88. The molecule has 1 N–H and O–H groups in total. The number of hydrogen-bond donors (Lipinski definition) is 1. The van der Waals surface area contributed by atoms with Crippen molar-refractivity contribution in [3.63, 3.8) is 0 Å². The van der Waals surface area contributed by atoms with Gasteiger partial charge in [-0.25, -0.2) is 0 Å². The Bertz CT molecular complexity index is 348. The standard InChI is InChI=1S/C16H26O4/c1-3-5-6-9-12(4-2)20-16(19)14-11-8-7-10-13(14)15(17)18/h8,11-14H,3-7,9-10H2,1-2H3,(H,17,18). The van der Waals surface area contributed by atoms with E-state index < -0.39 is 17.8 Å². The highest BCUT2D eigenvalue weighted by Crippen LogP contribution is 2.27. The molecule has 0 aromatic heterocycles. The number of esters is 1. The molecule has 20 heavy (non-hydrogen) atoms. The number of unbranched alkanes of at least 4 members (excludes halogenated alkanes) is 2. The number of rotatable bonds is 8. The highest BCUT2D eigenvalue weighted by molar-refractivity contribution is 5.83. The molecule has 1 rings (SSSR count). The van der Waals surface area contributed by atoms with Crippen LogP contribution in [0.25, 0.3) is 0 Å². The first-order valence-electron chi connectivity index (χ1n) is 7.70. The largest absolute Gasteiger partial charge is 0.481 e. The molecule has 0 radical (unpaired) electrons. The quantitative estimate of drug-likeness (QED) is 0.420.